The molecule has 7 heteroatoms. The molecule has 28 heavy (non-hydrogen) atoms. The van der Waals surface area contributed by atoms with Crippen LogP contribution in [0.3, 0.4) is 0 Å². The Hall–Kier alpha value is -2.64. The van der Waals surface area contributed by atoms with E-state index >= 15 is 0 Å². The molecule has 0 aliphatic rings. The van der Waals surface area contributed by atoms with Gasteiger partial charge in [0.05, 0.1) is 6.61 Å². The number of methoxy groups -OCH3 is 1. The average Bonchev–Trinajstić information content (AvgIpc) is 3.15. The number of rotatable bonds is 8. The van der Waals surface area contributed by atoms with Gasteiger partial charge in [-0.3, -0.25) is 4.79 Å². The van der Waals surface area contributed by atoms with Crippen LogP contribution >= 0.6 is 11.8 Å². The highest BCUT2D eigenvalue weighted by molar-refractivity contribution is 8.00. The molecular weight excluding hydrogens is 372 g/mol. The van der Waals surface area contributed by atoms with E-state index < -0.39 is 5.25 Å². The Bertz CT molecular complexity index is 927. The lowest BCUT2D eigenvalue weighted by Crippen LogP contribution is -2.20. The Morgan fingerprint density at radius 2 is 2.00 bits per heavy atom. The predicted molar refractivity (Wildman–Crippen MR) is 111 cm³/mol. The van der Waals surface area contributed by atoms with Gasteiger partial charge in [0.25, 0.3) is 0 Å². The lowest BCUT2D eigenvalue weighted by Gasteiger charge is -2.18. The van der Waals surface area contributed by atoms with Gasteiger partial charge in [0, 0.05) is 19.3 Å². The van der Waals surface area contributed by atoms with Crippen molar-refractivity contribution in [2.45, 2.75) is 30.8 Å². The Kier molecular flexibility index (Phi) is 6.84. The summed E-state index contributed by atoms with van der Waals surface area (Å²) in [5, 5.41) is 11.5. The van der Waals surface area contributed by atoms with E-state index in [1.165, 1.54) is 11.8 Å². The Balaban J connectivity index is 1.86. The zero-order valence-electron chi connectivity index (χ0n) is 16.3. The number of carbonyl (C=O) groups excluding carboxylic acids is 1. The molecule has 0 radical (unpaired) electrons. The molecule has 3 aromatic rings. The minimum Gasteiger partial charge on any atom is -0.383 e. The van der Waals surface area contributed by atoms with E-state index in [9.17, 15) is 4.79 Å². The van der Waals surface area contributed by atoms with Crippen LogP contribution < -0.4 is 5.32 Å². The summed E-state index contributed by atoms with van der Waals surface area (Å²) in [5.74, 6) is -0.0915. The topological polar surface area (TPSA) is 69.0 Å². The van der Waals surface area contributed by atoms with Crippen molar-refractivity contribution in [1.29, 1.82) is 0 Å². The van der Waals surface area contributed by atoms with Crippen LogP contribution in [0.25, 0.3) is 0 Å². The van der Waals surface area contributed by atoms with Crippen molar-refractivity contribution in [3.8, 4) is 0 Å². The van der Waals surface area contributed by atoms with Crippen LogP contribution in [0.2, 0.25) is 0 Å². The normalized spacial score (nSPS) is 12.0. The molecule has 3 rings (SSSR count). The van der Waals surface area contributed by atoms with Crippen molar-refractivity contribution in [2.24, 2.45) is 0 Å². The average molecular weight is 397 g/mol. The quantitative estimate of drug-likeness (QED) is 0.583. The van der Waals surface area contributed by atoms with Crippen molar-refractivity contribution < 1.29 is 9.53 Å². The maximum Gasteiger partial charge on any atom is 0.242 e. The van der Waals surface area contributed by atoms with Crippen LogP contribution in [0.1, 0.15) is 21.9 Å². The first kappa shape index (κ1) is 20.1. The van der Waals surface area contributed by atoms with Gasteiger partial charge in [-0.2, -0.15) is 0 Å². The van der Waals surface area contributed by atoms with E-state index in [-0.39, 0.29) is 5.91 Å². The van der Waals surface area contributed by atoms with Crippen LogP contribution in [0.5, 0.6) is 0 Å². The van der Waals surface area contributed by atoms with Crippen molar-refractivity contribution >= 4 is 23.4 Å². The molecule has 1 heterocycles. The summed E-state index contributed by atoms with van der Waals surface area (Å²) in [6, 6.07) is 15.7. The number of aromatic nitrogens is 3. The van der Waals surface area contributed by atoms with Crippen molar-refractivity contribution in [3.63, 3.8) is 0 Å². The van der Waals surface area contributed by atoms with E-state index in [2.05, 4.69) is 15.5 Å². The van der Waals surface area contributed by atoms with Gasteiger partial charge in [-0.1, -0.05) is 54.2 Å². The first-order valence-corrected chi connectivity index (χ1v) is 9.93. The summed E-state index contributed by atoms with van der Waals surface area (Å²) in [4.78, 5) is 13.2. The van der Waals surface area contributed by atoms with Gasteiger partial charge < -0.3 is 14.6 Å². The highest BCUT2D eigenvalue weighted by Gasteiger charge is 2.25. The van der Waals surface area contributed by atoms with Gasteiger partial charge in [-0.15, -0.1) is 10.2 Å². The Labute approximate surface area is 169 Å². The Morgan fingerprint density at radius 3 is 2.75 bits per heavy atom. The van der Waals surface area contributed by atoms with Crippen molar-refractivity contribution in [1.82, 2.24) is 14.8 Å². The first-order valence-electron chi connectivity index (χ1n) is 9.05. The molecule has 1 aromatic heterocycles. The van der Waals surface area contributed by atoms with E-state index in [0.29, 0.717) is 18.3 Å². The van der Waals surface area contributed by atoms with Gasteiger partial charge in [-0.25, -0.2) is 0 Å². The molecule has 146 valence electrons. The maximum atomic E-state index is 13.2. The highest BCUT2D eigenvalue weighted by Crippen LogP contribution is 2.35. The van der Waals surface area contributed by atoms with Crippen molar-refractivity contribution in [2.75, 3.05) is 19.0 Å². The first-order chi connectivity index (χ1) is 13.6. The third kappa shape index (κ3) is 4.99. The van der Waals surface area contributed by atoms with Crippen molar-refractivity contribution in [3.05, 3.63) is 71.5 Å². The molecule has 1 amide bonds. The number of thioether (sulfide) groups is 1. The molecule has 0 saturated carbocycles. The number of hydrogen-bond acceptors (Lipinski definition) is 5. The third-order valence-corrected chi connectivity index (χ3v) is 5.58. The molecule has 2 aromatic carbocycles. The molecule has 1 atom stereocenters. The van der Waals surface area contributed by atoms with E-state index in [1.807, 2.05) is 66.9 Å². The van der Waals surface area contributed by atoms with E-state index in [1.54, 1.807) is 13.4 Å². The summed E-state index contributed by atoms with van der Waals surface area (Å²) in [6.07, 6.45) is 1.66. The molecule has 0 fully saturated rings. The second-order valence-corrected chi connectivity index (χ2v) is 7.59. The summed E-state index contributed by atoms with van der Waals surface area (Å²) < 4.78 is 7.04. The number of nitrogens with zero attached hydrogens (tertiary/aromatic N) is 3. The molecule has 1 N–H and O–H groups in total. The summed E-state index contributed by atoms with van der Waals surface area (Å²) in [5.41, 5.74) is 3.87. The van der Waals surface area contributed by atoms with Gasteiger partial charge >= 0.3 is 0 Å². The molecular formula is C21H24N4O2S. The van der Waals surface area contributed by atoms with Gasteiger partial charge in [0.1, 0.15) is 11.6 Å². The third-order valence-electron chi connectivity index (χ3n) is 4.33. The SMILES string of the molecule is COCCn1cnnc1SC(C(=O)Nc1cc(C)ccc1C)c1ccccc1. The smallest absolute Gasteiger partial charge is 0.242 e. The molecule has 0 saturated heterocycles. The summed E-state index contributed by atoms with van der Waals surface area (Å²) in [7, 11) is 1.65. The summed E-state index contributed by atoms with van der Waals surface area (Å²) in [6.45, 7) is 5.18. The fourth-order valence-electron chi connectivity index (χ4n) is 2.75. The lowest BCUT2D eigenvalue weighted by molar-refractivity contribution is -0.115. The monoisotopic (exact) mass is 396 g/mol. The van der Waals surface area contributed by atoms with Crippen LogP contribution in [0, 0.1) is 13.8 Å². The number of hydrogen-bond donors (Lipinski definition) is 1. The fraction of sp³-hybridized carbons (Fsp3) is 0.286. The summed E-state index contributed by atoms with van der Waals surface area (Å²) >= 11 is 1.38. The number of benzene rings is 2. The Morgan fingerprint density at radius 1 is 1.21 bits per heavy atom. The second kappa shape index (κ2) is 9.52. The highest BCUT2D eigenvalue weighted by atomic mass is 32.2. The van der Waals surface area contributed by atoms with Crippen LogP contribution in [-0.4, -0.2) is 34.4 Å². The lowest BCUT2D eigenvalue weighted by atomic mass is 10.1. The zero-order chi connectivity index (χ0) is 19.9. The number of aryl methyl sites for hydroxylation is 2. The standard InChI is InChI=1S/C21H24N4O2S/c1-15-9-10-16(2)18(13-15)23-20(26)19(17-7-5-4-6-8-17)28-21-24-22-14-25(21)11-12-27-3/h4-10,13-14,19H,11-12H2,1-3H3,(H,23,26). The molecule has 6 nitrogen and oxygen atoms in total. The zero-order valence-corrected chi connectivity index (χ0v) is 17.1. The van der Waals surface area contributed by atoms with Gasteiger partial charge in [-0.05, 0) is 36.6 Å². The minimum atomic E-state index is -0.452. The van der Waals surface area contributed by atoms with Crippen LogP contribution in [0.15, 0.2) is 60.0 Å². The number of ether oxygens (including phenoxy) is 1. The minimum absolute atomic E-state index is 0.0915. The fourth-order valence-corrected chi connectivity index (χ4v) is 3.79. The van der Waals surface area contributed by atoms with E-state index in [0.717, 1.165) is 22.4 Å². The number of anilines is 1. The molecule has 0 spiro atoms. The number of nitrogens with one attached hydrogen (secondary N) is 1. The van der Waals surface area contributed by atoms with Crippen LogP contribution in [0.4, 0.5) is 5.69 Å². The predicted octanol–water partition coefficient (Wildman–Crippen LogP) is 4.01. The van der Waals surface area contributed by atoms with E-state index in [4.69, 9.17) is 4.74 Å². The molecule has 0 aliphatic heterocycles. The van der Waals surface area contributed by atoms with Gasteiger partial charge in [0.15, 0.2) is 5.16 Å². The second-order valence-electron chi connectivity index (χ2n) is 6.52. The number of carbonyl (C=O) groups is 1. The molecule has 1 unspecified atom stereocenters. The molecule has 0 aliphatic carbocycles. The van der Waals surface area contributed by atoms with Crippen LogP contribution in [-0.2, 0) is 16.1 Å². The molecule has 0 bridgehead atoms. The maximum absolute atomic E-state index is 13.2. The van der Waals surface area contributed by atoms with Gasteiger partial charge in [0.2, 0.25) is 5.91 Å². The number of amides is 1. The largest absolute Gasteiger partial charge is 0.383 e.